The maximum Gasteiger partial charge on any atom is 0.293 e. The molecule has 3 N–H and O–H groups in total. The number of aliphatic hydroxyl groups excluding tert-OH is 2. The van der Waals surface area contributed by atoms with Crippen molar-refractivity contribution in [3.63, 3.8) is 0 Å². The number of carbonyl (C=O) groups excluding carboxylic acids is 1. The molecule has 0 amide bonds. The molecular weight excluding hydrogens is 793 g/mol. The number of aliphatic hydroxyl groups is 3. The van der Waals surface area contributed by atoms with Gasteiger partial charge in [0.25, 0.3) is 6.47 Å². The van der Waals surface area contributed by atoms with E-state index in [1.807, 2.05) is 31.2 Å². The highest BCUT2D eigenvalue weighted by molar-refractivity contribution is 5.37. The van der Waals surface area contributed by atoms with Gasteiger partial charge in [0, 0.05) is 46.0 Å². The predicted molar refractivity (Wildman–Crippen MR) is 240 cm³/mol. The number of rotatable bonds is 15. The van der Waals surface area contributed by atoms with Crippen LogP contribution in [-0.4, -0.2) is 122 Å². The largest absolute Gasteiger partial charge is 0.464 e. The van der Waals surface area contributed by atoms with Gasteiger partial charge in [-0.25, -0.2) is 0 Å². The van der Waals surface area contributed by atoms with E-state index in [2.05, 4.69) is 66.7 Å². The molecule has 0 bridgehead atoms. The summed E-state index contributed by atoms with van der Waals surface area (Å²) >= 11 is 0. The number of hydrogen-bond acceptors (Lipinski definition) is 12. The summed E-state index contributed by atoms with van der Waals surface area (Å²) in [6.07, 6.45) is 22.1. The Kier molecular flexibility index (Phi) is 21.0. The van der Waals surface area contributed by atoms with Crippen molar-refractivity contribution in [2.75, 3.05) is 40.6 Å². The zero-order valence-corrected chi connectivity index (χ0v) is 39.6. The second-order valence-electron chi connectivity index (χ2n) is 18.6. The molecule has 354 valence electrons. The number of methoxy groups -OCH3 is 1. The van der Waals surface area contributed by atoms with Crippen LogP contribution in [0.15, 0.2) is 59.3 Å². The van der Waals surface area contributed by atoms with E-state index in [1.165, 1.54) is 18.4 Å². The minimum absolute atomic E-state index is 0.0865. The summed E-state index contributed by atoms with van der Waals surface area (Å²) < 4.78 is 47.7. The minimum atomic E-state index is -1.13. The zero-order chi connectivity index (χ0) is 45.5. The first-order valence-corrected chi connectivity index (χ1v) is 23.4. The minimum Gasteiger partial charge on any atom is -0.464 e. The van der Waals surface area contributed by atoms with E-state index in [1.54, 1.807) is 7.11 Å². The van der Waals surface area contributed by atoms with Crippen molar-refractivity contribution in [3.8, 4) is 0 Å². The van der Waals surface area contributed by atoms with Gasteiger partial charge in [-0.2, -0.15) is 0 Å². The summed E-state index contributed by atoms with van der Waals surface area (Å²) in [5.41, 5.74) is 1.51. The summed E-state index contributed by atoms with van der Waals surface area (Å²) in [4.78, 5) is 11.0. The molecule has 12 unspecified atom stereocenters. The Morgan fingerprint density at radius 2 is 1.89 bits per heavy atom. The predicted octanol–water partition coefficient (Wildman–Crippen LogP) is 8.08. The molecule has 6 rings (SSSR count). The van der Waals surface area contributed by atoms with Crippen LogP contribution in [0, 0.1) is 23.7 Å². The molecule has 5 aliphatic heterocycles. The molecule has 4 fully saturated rings. The van der Waals surface area contributed by atoms with E-state index < -0.39 is 23.6 Å². The molecule has 6 aliphatic rings. The van der Waals surface area contributed by atoms with Crippen LogP contribution >= 0.6 is 0 Å². The molecular formula is C50H82O12. The fraction of sp³-hybridized carbons (Fsp3) is 0.780. The smallest absolute Gasteiger partial charge is 0.293 e. The molecule has 12 heteroatoms. The lowest BCUT2D eigenvalue weighted by Crippen LogP contribution is -2.55. The van der Waals surface area contributed by atoms with Gasteiger partial charge in [0.05, 0.1) is 43.7 Å². The lowest BCUT2D eigenvalue weighted by molar-refractivity contribution is -0.274. The molecule has 4 saturated heterocycles. The van der Waals surface area contributed by atoms with Crippen molar-refractivity contribution in [2.24, 2.45) is 23.7 Å². The van der Waals surface area contributed by atoms with Crippen LogP contribution in [0.3, 0.4) is 0 Å². The number of ether oxygens (including phenoxy) is 8. The van der Waals surface area contributed by atoms with Crippen LogP contribution in [-0.2, 0) is 42.7 Å². The lowest BCUT2D eigenvalue weighted by atomic mass is 9.76. The lowest BCUT2D eigenvalue weighted by Gasteiger charge is -2.48. The van der Waals surface area contributed by atoms with Crippen molar-refractivity contribution >= 4 is 6.47 Å². The summed E-state index contributed by atoms with van der Waals surface area (Å²) in [7, 11) is 2.81. The zero-order valence-electron chi connectivity index (χ0n) is 39.6. The normalized spacial score (nSPS) is 38.2. The molecule has 0 aromatic rings. The van der Waals surface area contributed by atoms with E-state index in [-0.39, 0.29) is 42.2 Å². The monoisotopic (exact) mass is 875 g/mol. The highest BCUT2D eigenvalue weighted by Gasteiger charge is 2.52. The molecule has 12 nitrogen and oxygen atoms in total. The molecule has 0 radical (unpaired) electrons. The van der Waals surface area contributed by atoms with Crippen molar-refractivity contribution in [3.05, 3.63) is 59.3 Å². The molecule has 5 heterocycles. The molecule has 0 saturated carbocycles. The van der Waals surface area contributed by atoms with Crippen molar-refractivity contribution in [1.82, 2.24) is 0 Å². The Bertz CT molecular complexity index is 1520. The van der Waals surface area contributed by atoms with Gasteiger partial charge in [-0.3, -0.25) is 4.79 Å². The molecule has 1 aliphatic carbocycles. The van der Waals surface area contributed by atoms with Gasteiger partial charge in [0.2, 0.25) is 0 Å². The van der Waals surface area contributed by atoms with E-state index >= 15 is 0 Å². The van der Waals surface area contributed by atoms with Gasteiger partial charge in [-0.1, -0.05) is 76.1 Å². The first-order chi connectivity index (χ1) is 29.7. The molecule has 1 spiro atoms. The van der Waals surface area contributed by atoms with Crippen molar-refractivity contribution in [1.29, 1.82) is 0 Å². The van der Waals surface area contributed by atoms with E-state index in [4.69, 9.17) is 43.0 Å². The Hall–Kier alpha value is -2.23. The molecule has 0 aromatic carbocycles. The number of allylic oxidation sites excluding steroid dienone is 4. The third kappa shape index (κ3) is 13.7. The third-order valence-corrected chi connectivity index (χ3v) is 14.2. The third-order valence-electron chi connectivity index (χ3n) is 14.2. The number of fused-ring (bicyclic) bond motifs is 1. The number of hydrogen-bond donors (Lipinski definition) is 3. The van der Waals surface area contributed by atoms with Crippen LogP contribution in [0.25, 0.3) is 0 Å². The Morgan fingerprint density at radius 1 is 1.11 bits per heavy atom. The van der Waals surface area contributed by atoms with Crippen LogP contribution in [0.4, 0.5) is 0 Å². The average molecular weight is 875 g/mol. The summed E-state index contributed by atoms with van der Waals surface area (Å²) in [6.45, 7) is 20.2. The molecule has 62 heavy (non-hydrogen) atoms. The summed E-state index contributed by atoms with van der Waals surface area (Å²) in [6, 6.07) is 0. The quantitative estimate of drug-likeness (QED) is 0.108. The van der Waals surface area contributed by atoms with E-state index in [0.717, 1.165) is 75.9 Å². The maximum absolute atomic E-state index is 11.1. The van der Waals surface area contributed by atoms with Gasteiger partial charge >= 0.3 is 0 Å². The van der Waals surface area contributed by atoms with E-state index in [0.29, 0.717) is 50.8 Å². The van der Waals surface area contributed by atoms with Crippen LogP contribution in [0.2, 0.25) is 0 Å². The van der Waals surface area contributed by atoms with Crippen LogP contribution in [0.5, 0.6) is 0 Å². The van der Waals surface area contributed by atoms with Gasteiger partial charge in [0.1, 0.15) is 23.9 Å². The fourth-order valence-electron chi connectivity index (χ4n) is 9.84. The highest BCUT2D eigenvalue weighted by atomic mass is 16.7. The SMILES string of the molecule is CC1=CC[C@]2(O)/C(=C/C=C/CC/C(C)=C/CC3CC(OC=O)CC4(C=CC(C)CO4)O3)CO[C@@H]2C1O.CCC(C)C1CCC(OC(C)(CC)C2C(C)OCCC2OC)OC1.CO. The van der Waals surface area contributed by atoms with Gasteiger partial charge in [0.15, 0.2) is 12.1 Å². The summed E-state index contributed by atoms with van der Waals surface area (Å²) in [5.74, 6) is 1.17. The Morgan fingerprint density at radius 3 is 2.53 bits per heavy atom. The van der Waals surface area contributed by atoms with E-state index in [9.17, 15) is 15.0 Å². The van der Waals surface area contributed by atoms with Crippen LogP contribution < -0.4 is 0 Å². The summed E-state index contributed by atoms with van der Waals surface area (Å²) in [5, 5.41) is 28.4. The Balaban J connectivity index is 0.000000283. The fourth-order valence-corrected chi connectivity index (χ4v) is 9.84. The van der Waals surface area contributed by atoms with Gasteiger partial charge < -0.3 is 53.2 Å². The second kappa shape index (κ2) is 24.9. The average Bonchev–Trinajstić information content (AvgIpc) is 3.62. The highest BCUT2D eigenvalue weighted by Crippen LogP contribution is 2.42. The Labute approximate surface area is 373 Å². The molecule has 0 aromatic heterocycles. The topological polar surface area (TPSA) is 152 Å². The second-order valence-corrected chi connectivity index (χ2v) is 18.6. The van der Waals surface area contributed by atoms with Crippen molar-refractivity contribution < 1.29 is 58.0 Å². The first-order valence-electron chi connectivity index (χ1n) is 23.4. The molecule has 14 atom stereocenters. The van der Waals surface area contributed by atoms with Gasteiger partial charge in [-0.15, -0.1) is 0 Å². The maximum atomic E-state index is 11.1. The van der Waals surface area contributed by atoms with Gasteiger partial charge in [-0.05, 0) is 108 Å². The van der Waals surface area contributed by atoms with Crippen molar-refractivity contribution in [2.45, 2.75) is 186 Å². The first kappa shape index (κ1) is 52.4. The standard InChI is InChI=1S/C29H40O7.C20H38O4.CH4O/c1-20(7-5-4-6-8-23-18-33-27-26(31)22(3)12-14-29(23,27)32)9-10-24-15-25(34-19-30)16-28(36-24)13-11-21(2)17-35-28;1-7-14(3)16-9-10-18(23-13-16)24-20(5,8-2)19-15(4)22-12-11-17(19)21-6;1-2/h4,6,8-9,11-13,19,21,24-27,31-32H,5,7,10,14-18H2,1-3H3;14-19H,7-13H2,1-6H3;2H,1H3/b6-4+,20-9+,23-8+;;/t21?,24?,25?,26?,27-,28?,29+;;/m1../s1. The number of carbonyl (C=O) groups is 1. The van der Waals surface area contributed by atoms with Crippen LogP contribution in [0.1, 0.15) is 126 Å².